The molecule has 3 unspecified atom stereocenters. The van der Waals surface area contributed by atoms with Crippen LogP contribution >= 0.6 is 0 Å². The molecule has 0 aromatic heterocycles. The average molecular weight is 296 g/mol. The summed E-state index contributed by atoms with van der Waals surface area (Å²) in [4.78, 5) is 28.0. The van der Waals surface area contributed by atoms with Gasteiger partial charge in [-0.2, -0.15) is 0 Å². The van der Waals surface area contributed by atoms with Crippen LogP contribution < -0.4 is 0 Å². The Morgan fingerprint density at radius 3 is 2.48 bits per heavy atom. The van der Waals surface area contributed by atoms with Gasteiger partial charge in [-0.3, -0.25) is 0 Å². The zero-order chi connectivity index (χ0) is 15.4. The number of fused-ring (bicyclic) bond motifs is 1. The number of rotatable bonds is 4. The van der Waals surface area contributed by atoms with Gasteiger partial charge in [-0.05, 0) is 44.9 Å². The number of carbonyl (C=O) groups excluding carboxylic acids is 1. The van der Waals surface area contributed by atoms with Crippen LogP contribution in [0, 0.1) is 5.92 Å². The molecular weight excluding hydrogens is 268 g/mol. The normalized spacial score (nSPS) is 28.9. The maximum Gasteiger partial charge on any atom is 0.326 e. The molecule has 0 radical (unpaired) electrons. The van der Waals surface area contributed by atoms with E-state index < -0.39 is 12.0 Å². The lowest BCUT2D eigenvalue weighted by atomic mass is 9.76. The molecule has 0 aromatic carbocycles. The molecule has 21 heavy (non-hydrogen) atoms. The Labute approximate surface area is 127 Å². The zero-order valence-electron chi connectivity index (χ0n) is 13.3. The summed E-state index contributed by atoms with van der Waals surface area (Å²) in [6.07, 6.45) is 6.88. The number of likely N-dealkylation sites (tertiary alicyclic amines) is 1. The van der Waals surface area contributed by atoms with Gasteiger partial charge in [-0.15, -0.1) is 0 Å². The molecule has 120 valence electrons. The van der Waals surface area contributed by atoms with Gasteiger partial charge in [0.2, 0.25) is 0 Å². The van der Waals surface area contributed by atoms with Gasteiger partial charge >= 0.3 is 12.0 Å². The van der Waals surface area contributed by atoms with Crippen LogP contribution in [0.3, 0.4) is 0 Å². The van der Waals surface area contributed by atoms with Gasteiger partial charge in [0.1, 0.15) is 6.04 Å². The highest BCUT2D eigenvalue weighted by atomic mass is 16.4. The zero-order valence-corrected chi connectivity index (χ0v) is 13.3. The number of amides is 2. The van der Waals surface area contributed by atoms with Gasteiger partial charge < -0.3 is 14.9 Å². The van der Waals surface area contributed by atoms with Crippen LogP contribution in [0.15, 0.2) is 0 Å². The fourth-order valence-corrected chi connectivity index (χ4v) is 3.97. The lowest BCUT2D eigenvalue weighted by Crippen LogP contribution is -2.60. The number of piperidine rings is 1. The second-order valence-electron chi connectivity index (χ2n) is 6.31. The fourth-order valence-electron chi connectivity index (χ4n) is 3.97. The van der Waals surface area contributed by atoms with Crippen molar-refractivity contribution in [3.05, 3.63) is 0 Å². The maximum atomic E-state index is 12.9. The molecular formula is C16H28N2O3. The van der Waals surface area contributed by atoms with Crippen LogP contribution in [-0.2, 0) is 4.79 Å². The number of nitrogens with zero attached hydrogens (tertiary/aromatic N) is 2. The minimum Gasteiger partial charge on any atom is -0.480 e. The molecule has 5 heteroatoms. The van der Waals surface area contributed by atoms with E-state index in [0.29, 0.717) is 25.4 Å². The summed E-state index contributed by atoms with van der Waals surface area (Å²) in [6.45, 7) is 5.36. The molecule has 2 fully saturated rings. The number of carboxylic acid groups (broad SMARTS) is 1. The number of urea groups is 1. The third kappa shape index (κ3) is 3.33. The van der Waals surface area contributed by atoms with Crippen LogP contribution in [0.2, 0.25) is 0 Å². The quantitative estimate of drug-likeness (QED) is 0.867. The number of carboxylic acids is 1. The van der Waals surface area contributed by atoms with E-state index in [1.807, 2.05) is 13.8 Å². The molecule has 2 rings (SSSR count). The number of aliphatic carboxylic acids is 1. The highest BCUT2D eigenvalue weighted by molar-refractivity contribution is 5.83. The van der Waals surface area contributed by atoms with E-state index in [9.17, 15) is 14.7 Å². The molecule has 5 nitrogen and oxygen atoms in total. The highest BCUT2D eigenvalue weighted by Crippen LogP contribution is 2.38. The lowest BCUT2D eigenvalue weighted by Gasteiger charge is -2.48. The monoisotopic (exact) mass is 296 g/mol. The summed E-state index contributed by atoms with van der Waals surface area (Å²) in [5.41, 5.74) is 0. The summed E-state index contributed by atoms with van der Waals surface area (Å²) in [5, 5.41) is 9.52. The second-order valence-corrected chi connectivity index (χ2v) is 6.31. The van der Waals surface area contributed by atoms with Crippen molar-refractivity contribution >= 4 is 12.0 Å². The standard InChI is InChI=1S/C16H28N2O3/c1-3-11-17(4-2)16(21)18-13-8-6-5-7-12(13)9-10-14(18)15(19)20/h12-14H,3-11H2,1-2H3,(H,19,20). The smallest absolute Gasteiger partial charge is 0.326 e. The van der Waals surface area contributed by atoms with Crippen molar-refractivity contribution in [2.75, 3.05) is 13.1 Å². The molecule has 3 atom stereocenters. The van der Waals surface area contributed by atoms with Crippen LogP contribution in [0.1, 0.15) is 58.8 Å². The Kier molecular flexibility index (Phi) is 5.48. The first-order valence-electron chi connectivity index (χ1n) is 8.40. The summed E-state index contributed by atoms with van der Waals surface area (Å²) < 4.78 is 0. The van der Waals surface area contributed by atoms with E-state index in [4.69, 9.17) is 0 Å². The minimum absolute atomic E-state index is 0.0663. The van der Waals surface area contributed by atoms with Gasteiger partial charge in [-0.1, -0.05) is 19.8 Å². The van der Waals surface area contributed by atoms with Crippen LogP contribution in [0.25, 0.3) is 0 Å². The molecule has 1 aliphatic carbocycles. The van der Waals surface area contributed by atoms with Crippen LogP contribution in [0.4, 0.5) is 4.79 Å². The van der Waals surface area contributed by atoms with Crippen molar-refractivity contribution in [2.24, 2.45) is 5.92 Å². The molecule has 1 heterocycles. The van der Waals surface area contributed by atoms with Gasteiger partial charge in [-0.25, -0.2) is 9.59 Å². The molecule has 2 aliphatic rings. The maximum absolute atomic E-state index is 12.9. The largest absolute Gasteiger partial charge is 0.480 e. The van der Waals surface area contributed by atoms with Crippen molar-refractivity contribution in [1.29, 1.82) is 0 Å². The Balaban J connectivity index is 2.23. The first kappa shape index (κ1) is 16.1. The predicted octanol–water partition coefficient (Wildman–Crippen LogP) is 2.95. The van der Waals surface area contributed by atoms with Gasteiger partial charge in [0.05, 0.1) is 0 Å². The van der Waals surface area contributed by atoms with Crippen molar-refractivity contribution in [3.63, 3.8) is 0 Å². The molecule has 1 saturated carbocycles. The molecule has 1 saturated heterocycles. The summed E-state index contributed by atoms with van der Waals surface area (Å²) in [6, 6.07) is -0.571. The van der Waals surface area contributed by atoms with E-state index >= 15 is 0 Å². The Morgan fingerprint density at radius 2 is 1.86 bits per heavy atom. The fraction of sp³-hybridized carbons (Fsp3) is 0.875. The van der Waals surface area contributed by atoms with E-state index in [-0.39, 0.29) is 12.1 Å². The SMILES string of the molecule is CCCN(CC)C(=O)N1C(C(=O)O)CCC2CCCCC21. The Bertz CT molecular complexity index is 386. The summed E-state index contributed by atoms with van der Waals surface area (Å²) in [5.74, 6) is -0.349. The van der Waals surface area contributed by atoms with E-state index in [2.05, 4.69) is 0 Å². The van der Waals surface area contributed by atoms with E-state index in [0.717, 1.165) is 32.1 Å². The third-order valence-corrected chi connectivity index (χ3v) is 5.02. The molecule has 0 spiro atoms. The average Bonchev–Trinajstić information content (AvgIpc) is 2.50. The van der Waals surface area contributed by atoms with Gasteiger partial charge in [0, 0.05) is 19.1 Å². The summed E-state index contributed by atoms with van der Waals surface area (Å²) in [7, 11) is 0. The van der Waals surface area contributed by atoms with E-state index in [1.54, 1.807) is 9.80 Å². The van der Waals surface area contributed by atoms with Gasteiger partial charge in [0.25, 0.3) is 0 Å². The topological polar surface area (TPSA) is 60.9 Å². The number of hydrogen-bond donors (Lipinski definition) is 1. The minimum atomic E-state index is -0.847. The third-order valence-electron chi connectivity index (χ3n) is 5.02. The Morgan fingerprint density at radius 1 is 1.14 bits per heavy atom. The molecule has 2 amide bonds. The second kappa shape index (κ2) is 7.14. The molecule has 0 bridgehead atoms. The van der Waals surface area contributed by atoms with Crippen LogP contribution in [0.5, 0.6) is 0 Å². The van der Waals surface area contributed by atoms with Crippen molar-refractivity contribution in [1.82, 2.24) is 9.80 Å². The summed E-state index contributed by atoms with van der Waals surface area (Å²) >= 11 is 0. The molecule has 0 aromatic rings. The first-order chi connectivity index (χ1) is 10.1. The number of carbonyl (C=O) groups is 2. The predicted molar refractivity (Wildman–Crippen MR) is 81.2 cm³/mol. The van der Waals surface area contributed by atoms with Crippen molar-refractivity contribution in [2.45, 2.75) is 70.9 Å². The van der Waals surface area contributed by atoms with Gasteiger partial charge in [0.15, 0.2) is 0 Å². The highest BCUT2D eigenvalue weighted by Gasteiger charge is 2.44. The van der Waals surface area contributed by atoms with Crippen LogP contribution in [-0.4, -0.2) is 52.1 Å². The molecule has 1 N–H and O–H groups in total. The Hall–Kier alpha value is -1.26. The van der Waals surface area contributed by atoms with E-state index in [1.165, 1.54) is 6.42 Å². The first-order valence-corrected chi connectivity index (χ1v) is 8.40. The lowest BCUT2D eigenvalue weighted by molar-refractivity contribution is -0.146. The van der Waals surface area contributed by atoms with Crippen molar-refractivity contribution < 1.29 is 14.7 Å². The number of hydrogen-bond acceptors (Lipinski definition) is 2. The molecule has 1 aliphatic heterocycles. The van der Waals surface area contributed by atoms with Crippen molar-refractivity contribution in [3.8, 4) is 0 Å².